The van der Waals surface area contributed by atoms with Crippen LogP contribution in [0.5, 0.6) is 0 Å². The zero-order valence-electron chi connectivity index (χ0n) is 15.3. The SMILES string of the molecule is CCN(CCO[Si](C)(C)C)c1ccc(C#C[Si](C)(C)C)cc1. The molecule has 0 bridgehead atoms. The quantitative estimate of drug-likeness (QED) is 0.557. The average Bonchev–Trinajstić information content (AvgIpc) is 2.40. The molecule has 0 saturated heterocycles. The van der Waals surface area contributed by atoms with E-state index < -0.39 is 16.4 Å². The van der Waals surface area contributed by atoms with Gasteiger partial charge in [0.05, 0.1) is 6.61 Å². The monoisotopic (exact) mass is 333 g/mol. The first kappa shape index (κ1) is 19.0. The molecule has 0 aliphatic carbocycles. The number of hydrogen-bond acceptors (Lipinski definition) is 2. The molecule has 1 rings (SSSR count). The van der Waals surface area contributed by atoms with Gasteiger partial charge in [-0.25, -0.2) is 0 Å². The molecule has 4 heteroatoms. The third-order valence-corrected chi connectivity index (χ3v) is 5.04. The Kier molecular flexibility index (Phi) is 6.92. The smallest absolute Gasteiger partial charge is 0.183 e. The van der Waals surface area contributed by atoms with E-state index in [2.05, 4.69) is 86.8 Å². The normalized spacial score (nSPS) is 11.8. The molecule has 0 aliphatic rings. The summed E-state index contributed by atoms with van der Waals surface area (Å²) in [4.78, 5) is 2.36. The molecule has 0 radical (unpaired) electrons. The number of nitrogens with zero attached hydrogens (tertiary/aromatic N) is 1. The third-order valence-electron chi connectivity index (χ3n) is 3.09. The topological polar surface area (TPSA) is 12.5 Å². The van der Waals surface area contributed by atoms with Crippen LogP contribution in [0, 0.1) is 11.5 Å². The number of anilines is 1. The van der Waals surface area contributed by atoms with Crippen LogP contribution in [0.1, 0.15) is 12.5 Å². The van der Waals surface area contributed by atoms with Gasteiger partial charge in [0, 0.05) is 24.3 Å². The Morgan fingerprint density at radius 1 is 1.00 bits per heavy atom. The number of hydrogen-bond donors (Lipinski definition) is 0. The van der Waals surface area contributed by atoms with E-state index in [1.54, 1.807) is 0 Å². The zero-order chi connectivity index (χ0) is 16.8. The summed E-state index contributed by atoms with van der Waals surface area (Å²) in [5.74, 6) is 3.31. The molecule has 0 saturated carbocycles. The largest absolute Gasteiger partial charge is 0.416 e. The van der Waals surface area contributed by atoms with Gasteiger partial charge in [-0.2, -0.15) is 0 Å². The van der Waals surface area contributed by atoms with E-state index in [9.17, 15) is 0 Å². The molecular weight excluding hydrogens is 302 g/mol. The van der Waals surface area contributed by atoms with E-state index in [4.69, 9.17) is 4.43 Å². The van der Waals surface area contributed by atoms with Gasteiger partial charge in [-0.3, -0.25) is 0 Å². The molecule has 0 heterocycles. The van der Waals surface area contributed by atoms with Crippen molar-refractivity contribution in [1.29, 1.82) is 0 Å². The number of rotatable bonds is 6. The molecule has 0 amide bonds. The van der Waals surface area contributed by atoms with Crippen LogP contribution in [0.25, 0.3) is 0 Å². The van der Waals surface area contributed by atoms with Gasteiger partial charge in [0.1, 0.15) is 8.07 Å². The van der Waals surface area contributed by atoms with Crippen LogP contribution in [0.3, 0.4) is 0 Å². The molecule has 2 nitrogen and oxygen atoms in total. The molecule has 22 heavy (non-hydrogen) atoms. The molecule has 1 aromatic carbocycles. The Labute approximate surface area is 139 Å². The summed E-state index contributed by atoms with van der Waals surface area (Å²) in [7, 11) is -2.72. The Morgan fingerprint density at radius 2 is 1.59 bits per heavy atom. The van der Waals surface area contributed by atoms with Crippen LogP contribution in [0.4, 0.5) is 5.69 Å². The number of likely N-dealkylation sites (N-methyl/N-ethyl adjacent to an activating group) is 1. The maximum Gasteiger partial charge on any atom is 0.183 e. The molecule has 0 aromatic heterocycles. The number of benzene rings is 1. The summed E-state index contributed by atoms with van der Waals surface area (Å²) < 4.78 is 5.96. The first-order valence-electron chi connectivity index (χ1n) is 8.13. The van der Waals surface area contributed by atoms with Crippen LogP contribution in [-0.4, -0.2) is 36.1 Å². The summed E-state index contributed by atoms with van der Waals surface area (Å²) in [6.45, 7) is 18.4. The van der Waals surface area contributed by atoms with Gasteiger partial charge in [-0.15, -0.1) is 5.54 Å². The van der Waals surface area contributed by atoms with Crippen LogP contribution in [-0.2, 0) is 4.43 Å². The second kappa shape index (κ2) is 8.00. The molecule has 0 fully saturated rings. The maximum absolute atomic E-state index is 5.96. The Balaban J connectivity index is 2.68. The second-order valence-electron chi connectivity index (χ2n) is 7.59. The average molecular weight is 334 g/mol. The van der Waals surface area contributed by atoms with Crippen molar-refractivity contribution in [2.75, 3.05) is 24.6 Å². The molecule has 0 N–H and O–H groups in total. The summed E-state index contributed by atoms with van der Waals surface area (Å²) in [5.41, 5.74) is 5.77. The van der Waals surface area contributed by atoms with Crippen molar-refractivity contribution in [3.63, 3.8) is 0 Å². The lowest BCUT2D eigenvalue weighted by atomic mass is 10.2. The van der Waals surface area contributed by atoms with E-state index in [-0.39, 0.29) is 0 Å². The first-order valence-corrected chi connectivity index (χ1v) is 15.0. The standard InChI is InChI=1S/C18H31NOSi2/c1-8-19(14-15-20-22(5,6)7)18-11-9-17(10-12-18)13-16-21(2,3)4/h9-12H,8,14-15H2,1-7H3. The van der Waals surface area contributed by atoms with Crippen molar-refractivity contribution in [3.05, 3.63) is 29.8 Å². The zero-order valence-corrected chi connectivity index (χ0v) is 17.3. The van der Waals surface area contributed by atoms with Crippen molar-refractivity contribution in [3.8, 4) is 11.5 Å². The lowest BCUT2D eigenvalue weighted by Gasteiger charge is -2.25. The van der Waals surface area contributed by atoms with Crippen molar-refractivity contribution in [2.24, 2.45) is 0 Å². The van der Waals surface area contributed by atoms with Gasteiger partial charge in [0.15, 0.2) is 8.32 Å². The lowest BCUT2D eigenvalue weighted by molar-refractivity contribution is 0.318. The fraction of sp³-hybridized carbons (Fsp3) is 0.556. The van der Waals surface area contributed by atoms with Crippen molar-refractivity contribution < 1.29 is 4.43 Å². The minimum absolute atomic E-state index is 0.806. The Morgan fingerprint density at radius 3 is 2.05 bits per heavy atom. The van der Waals surface area contributed by atoms with E-state index in [0.29, 0.717) is 0 Å². The van der Waals surface area contributed by atoms with E-state index >= 15 is 0 Å². The minimum Gasteiger partial charge on any atom is -0.416 e. The van der Waals surface area contributed by atoms with E-state index in [1.807, 2.05) is 0 Å². The van der Waals surface area contributed by atoms with Crippen LogP contribution in [0.2, 0.25) is 39.3 Å². The lowest BCUT2D eigenvalue weighted by Crippen LogP contribution is -2.33. The van der Waals surface area contributed by atoms with Gasteiger partial charge in [-0.05, 0) is 50.8 Å². The molecule has 0 spiro atoms. The highest BCUT2D eigenvalue weighted by atomic mass is 28.4. The van der Waals surface area contributed by atoms with E-state index in [1.165, 1.54) is 5.69 Å². The first-order chi connectivity index (χ1) is 10.1. The summed E-state index contributed by atoms with van der Waals surface area (Å²) >= 11 is 0. The highest BCUT2D eigenvalue weighted by Crippen LogP contribution is 2.15. The molecule has 0 atom stereocenters. The van der Waals surface area contributed by atoms with Crippen LogP contribution in [0.15, 0.2) is 24.3 Å². The predicted molar refractivity (Wildman–Crippen MR) is 104 cm³/mol. The molecule has 0 aliphatic heterocycles. The van der Waals surface area contributed by atoms with Gasteiger partial charge < -0.3 is 9.33 Å². The summed E-state index contributed by atoms with van der Waals surface area (Å²) in [5, 5.41) is 0. The van der Waals surface area contributed by atoms with Crippen molar-refractivity contribution in [2.45, 2.75) is 46.2 Å². The summed E-state index contributed by atoms with van der Waals surface area (Å²) in [6, 6.07) is 8.60. The van der Waals surface area contributed by atoms with Gasteiger partial charge >= 0.3 is 0 Å². The predicted octanol–water partition coefficient (Wildman–Crippen LogP) is 4.59. The van der Waals surface area contributed by atoms with Gasteiger partial charge in [-0.1, -0.05) is 25.6 Å². The molecule has 1 aromatic rings. The maximum atomic E-state index is 5.96. The Hall–Kier alpha value is -1.03. The van der Waals surface area contributed by atoms with Crippen molar-refractivity contribution >= 4 is 22.1 Å². The van der Waals surface area contributed by atoms with Crippen molar-refractivity contribution in [1.82, 2.24) is 0 Å². The second-order valence-corrected chi connectivity index (χ2v) is 16.9. The van der Waals surface area contributed by atoms with Crippen LogP contribution < -0.4 is 4.90 Å². The fourth-order valence-corrected chi connectivity index (χ4v) is 3.17. The Bertz CT molecular complexity index is 515. The highest BCUT2D eigenvalue weighted by Gasteiger charge is 2.14. The fourth-order valence-electron chi connectivity index (χ4n) is 1.95. The summed E-state index contributed by atoms with van der Waals surface area (Å²) in [6.07, 6.45) is 0. The van der Waals surface area contributed by atoms with E-state index in [0.717, 1.165) is 25.3 Å². The molecular formula is C18H31NOSi2. The third kappa shape index (κ3) is 7.83. The highest BCUT2D eigenvalue weighted by molar-refractivity contribution is 6.83. The molecule has 122 valence electrons. The minimum atomic E-state index is -1.42. The van der Waals surface area contributed by atoms with Crippen LogP contribution >= 0.6 is 0 Å². The molecule has 0 unspecified atom stereocenters. The van der Waals surface area contributed by atoms with Gasteiger partial charge in [0.25, 0.3) is 0 Å². The van der Waals surface area contributed by atoms with Gasteiger partial charge in [0.2, 0.25) is 0 Å².